The number of nitrogens with one attached hydrogen (secondary N) is 1. The van der Waals surface area contributed by atoms with Crippen LogP contribution in [0.5, 0.6) is 5.88 Å². The number of piperazine rings is 1. The molecule has 2 aliphatic heterocycles. The largest absolute Gasteiger partial charge is 0.416 e. The van der Waals surface area contributed by atoms with Gasteiger partial charge < -0.3 is 19.7 Å². The van der Waals surface area contributed by atoms with Crippen LogP contribution in [0.25, 0.3) is 10.9 Å². The Morgan fingerprint density at radius 1 is 1.15 bits per heavy atom. The van der Waals surface area contributed by atoms with Gasteiger partial charge in [-0.05, 0) is 25.1 Å². The number of carbonyl (C=O) groups is 1. The average Bonchev–Trinajstić information content (AvgIpc) is 3.06. The van der Waals surface area contributed by atoms with Crippen molar-refractivity contribution in [3.05, 3.63) is 57.0 Å². The zero-order valence-electron chi connectivity index (χ0n) is 21.2. The molecule has 0 radical (unpaired) electrons. The fourth-order valence-electron chi connectivity index (χ4n) is 4.89. The molecule has 15 heteroatoms. The minimum Gasteiger partial charge on any atom is -0.390 e. The van der Waals surface area contributed by atoms with E-state index in [0.717, 1.165) is 22.8 Å². The highest BCUT2D eigenvalue weighted by atomic mass is 35.5. The molecule has 3 heterocycles. The lowest BCUT2D eigenvalue weighted by atomic mass is 10.1. The molecule has 216 valence electrons. The van der Waals surface area contributed by atoms with E-state index in [-0.39, 0.29) is 52.1 Å². The van der Waals surface area contributed by atoms with E-state index in [4.69, 9.17) is 21.1 Å². The Morgan fingerprint density at radius 2 is 1.90 bits per heavy atom. The third-order valence-corrected chi connectivity index (χ3v) is 9.74. The number of nitrogens with zero attached hydrogens (tertiary/aromatic N) is 3. The SMILES string of the molecule is COC1Cn2c(=O)nc(OC(=O)N3CCNC(C)C3)c3cc(C(F)(F)F)cc(c32)[SH](c2cc(Cl)c(F)cc2F)C1. The highest BCUT2D eigenvalue weighted by Crippen LogP contribution is 2.53. The molecular weight excluding hydrogens is 583 g/mol. The Morgan fingerprint density at radius 3 is 2.58 bits per heavy atom. The van der Waals surface area contributed by atoms with Gasteiger partial charge in [0.1, 0.15) is 11.6 Å². The summed E-state index contributed by atoms with van der Waals surface area (Å²) in [5.41, 5.74) is -2.01. The minimum absolute atomic E-state index is 0.00394. The molecule has 0 spiro atoms. The number of carbonyl (C=O) groups excluding carboxylic acids is 1. The number of alkyl halides is 3. The first-order valence-electron chi connectivity index (χ1n) is 12.2. The second-order valence-corrected chi connectivity index (χ2v) is 12.1. The van der Waals surface area contributed by atoms with Crippen molar-refractivity contribution in [3.63, 3.8) is 0 Å². The van der Waals surface area contributed by atoms with Crippen LogP contribution in [-0.2, 0) is 17.5 Å². The Balaban J connectivity index is 1.77. The first kappa shape index (κ1) is 28.6. The molecule has 1 aromatic heterocycles. The van der Waals surface area contributed by atoms with Gasteiger partial charge in [0.25, 0.3) is 0 Å². The van der Waals surface area contributed by atoms with Crippen molar-refractivity contribution in [1.29, 1.82) is 0 Å². The molecule has 0 aliphatic carbocycles. The lowest BCUT2D eigenvalue weighted by molar-refractivity contribution is -0.137. The second-order valence-electron chi connectivity index (χ2n) is 9.55. The Kier molecular flexibility index (Phi) is 7.72. The van der Waals surface area contributed by atoms with Crippen LogP contribution < -0.4 is 15.7 Å². The number of benzene rings is 2. The monoisotopic (exact) mass is 606 g/mol. The van der Waals surface area contributed by atoms with E-state index >= 15 is 4.39 Å². The quantitative estimate of drug-likeness (QED) is 0.258. The van der Waals surface area contributed by atoms with E-state index < -0.39 is 63.1 Å². The topological polar surface area (TPSA) is 85.7 Å². The molecule has 1 saturated heterocycles. The molecule has 1 fully saturated rings. The standard InChI is InChI=1S/C25H24ClF5N4O4S/c1-12-9-34(4-3-32-12)24(37)39-22-15-5-13(25(29,30)31)6-20-21(15)35(23(36)33-22)10-14(38-2)11-40(20)19-7-16(26)17(27)8-18(19)28/h5-8,12,14,32,40H,3-4,9-11H2,1-2H3. The van der Waals surface area contributed by atoms with Crippen LogP contribution >= 0.6 is 22.5 Å². The van der Waals surface area contributed by atoms with Crippen molar-refractivity contribution in [3.8, 4) is 5.88 Å². The summed E-state index contributed by atoms with van der Waals surface area (Å²) in [6, 6.07) is 3.14. The van der Waals surface area contributed by atoms with E-state index in [1.165, 1.54) is 12.0 Å². The molecule has 0 bridgehead atoms. The molecule has 2 aliphatic rings. The molecule has 3 aromatic rings. The molecule has 1 amide bonds. The van der Waals surface area contributed by atoms with Crippen LogP contribution in [0.1, 0.15) is 12.5 Å². The number of thiol groups is 1. The number of rotatable bonds is 3. The Hall–Kier alpha value is -2.94. The van der Waals surface area contributed by atoms with Gasteiger partial charge in [0.05, 0.1) is 34.1 Å². The number of hydrogen-bond donors (Lipinski definition) is 2. The second kappa shape index (κ2) is 10.8. The molecule has 0 saturated carbocycles. The maximum absolute atomic E-state index is 15.1. The van der Waals surface area contributed by atoms with E-state index in [9.17, 15) is 27.2 Å². The van der Waals surface area contributed by atoms with Crippen LogP contribution in [0.2, 0.25) is 5.02 Å². The van der Waals surface area contributed by atoms with Crippen LogP contribution in [0.3, 0.4) is 0 Å². The summed E-state index contributed by atoms with van der Waals surface area (Å²) in [5, 5.41) is 2.49. The molecule has 5 rings (SSSR count). The maximum Gasteiger partial charge on any atom is 0.416 e. The van der Waals surface area contributed by atoms with Gasteiger partial charge in [0.15, 0.2) is 0 Å². The highest BCUT2D eigenvalue weighted by molar-refractivity contribution is 8.17. The van der Waals surface area contributed by atoms with E-state index in [2.05, 4.69) is 10.3 Å². The normalized spacial score (nSPS) is 22.3. The van der Waals surface area contributed by atoms with E-state index in [0.29, 0.717) is 12.6 Å². The molecule has 2 aromatic carbocycles. The zero-order valence-corrected chi connectivity index (χ0v) is 22.8. The molecular formula is C25H24ClF5N4O4S. The number of hydrogen-bond acceptors (Lipinski definition) is 6. The Labute approximate surface area is 232 Å². The van der Waals surface area contributed by atoms with Crippen molar-refractivity contribution in [1.82, 2.24) is 19.8 Å². The van der Waals surface area contributed by atoms with Gasteiger partial charge in [-0.25, -0.2) is 18.4 Å². The third-order valence-electron chi connectivity index (χ3n) is 6.83. The van der Waals surface area contributed by atoms with Gasteiger partial charge >= 0.3 is 18.0 Å². The van der Waals surface area contributed by atoms with Crippen LogP contribution in [0.4, 0.5) is 26.7 Å². The highest BCUT2D eigenvalue weighted by Gasteiger charge is 2.36. The van der Waals surface area contributed by atoms with Gasteiger partial charge in [-0.1, -0.05) is 11.6 Å². The van der Waals surface area contributed by atoms with Crippen molar-refractivity contribution >= 4 is 39.5 Å². The van der Waals surface area contributed by atoms with Crippen molar-refractivity contribution in [2.75, 3.05) is 32.5 Å². The van der Waals surface area contributed by atoms with Crippen molar-refractivity contribution in [2.24, 2.45) is 0 Å². The fraction of sp³-hybridized carbons (Fsp3) is 0.400. The van der Waals surface area contributed by atoms with Crippen molar-refractivity contribution < 1.29 is 36.2 Å². The van der Waals surface area contributed by atoms with E-state index in [1.54, 1.807) is 0 Å². The first-order chi connectivity index (χ1) is 18.9. The summed E-state index contributed by atoms with van der Waals surface area (Å²) in [6.07, 6.45) is -6.47. The molecule has 3 atom stereocenters. The average molecular weight is 607 g/mol. The number of methoxy groups -OCH3 is 1. The number of amides is 1. The van der Waals surface area contributed by atoms with Gasteiger partial charge in [-0.3, -0.25) is 4.57 Å². The predicted molar refractivity (Wildman–Crippen MR) is 139 cm³/mol. The maximum atomic E-state index is 15.1. The van der Waals surface area contributed by atoms with Gasteiger partial charge in [-0.15, -0.1) is 0 Å². The summed E-state index contributed by atoms with van der Waals surface area (Å²) in [5.74, 6) is -2.63. The van der Waals surface area contributed by atoms with Gasteiger partial charge in [-0.2, -0.15) is 29.1 Å². The summed E-state index contributed by atoms with van der Waals surface area (Å²) in [6.45, 7) is 2.76. The molecule has 1 N–H and O–H groups in total. The fourth-order valence-corrected chi connectivity index (χ4v) is 7.85. The summed E-state index contributed by atoms with van der Waals surface area (Å²) in [4.78, 5) is 31.2. The van der Waals surface area contributed by atoms with Crippen LogP contribution in [0.15, 0.2) is 38.9 Å². The van der Waals surface area contributed by atoms with E-state index in [1.807, 2.05) is 6.92 Å². The lowest BCUT2D eigenvalue weighted by Crippen LogP contribution is -2.52. The number of halogens is 6. The number of aromatic nitrogens is 2. The summed E-state index contributed by atoms with van der Waals surface area (Å²) < 4.78 is 83.7. The van der Waals surface area contributed by atoms with Crippen LogP contribution in [0, 0.1) is 11.6 Å². The molecule has 8 nitrogen and oxygen atoms in total. The van der Waals surface area contributed by atoms with Gasteiger partial charge in [0.2, 0.25) is 5.88 Å². The summed E-state index contributed by atoms with van der Waals surface area (Å²) in [7, 11) is -0.667. The van der Waals surface area contributed by atoms with Gasteiger partial charge in [0, 0.05) is 54.4 Å². The predicted octanol–water partition coefficient (Wildman–Crippen LogP) is 4.59. The number of ether oxygens (including phenoxy) is 2. The van der Waals surface area contributed by atoms with Crippen LogP contribution in [-0.4, -0.2) is 65.2 Å². The minimum atomic E-state index is -4.85. The molecule has 3 unspecified atom stereocenters. The van der Waals surface area contributed by atoms with Crippen molar-refractivity contribution in [2.45, 2.75) is 41.6 Å². The summed E-state index contributed by atoms with van der Waals surface area (Å²) >= 11 is 5.94. The Bertz CT molecular complexity index is 1550. The smallest absolute Gasteiger partial charge is 0.390 e. The lowest BCUT2D eigenvalue weighted by Gasteiger charge is -2.31. The zero-order chi connectivity index (χ0) is 28.9. The molecule has 40 heavy (non-hydrogen) atoms. The first-order valence-corrected chi connectivity index (χ1v) is 14.1. The third kappa shape index (κ3) is 5.37.